The van der Waals surface area contributed by atoms with Gasteiger partial charge in [-0.2, -0.15) is 0 Å². The SMILES string of the molecule is CCC(NC(=O)c1csc(-c2ccccc2F)n1)c1ccccc1OCC(=O)N1CCCC1. The summed E-state index contributed by atoms with van der Waals surface area (Å²) < 4.78 is 19.9. The van der Waals surface area contributed by atoms with Crippen LogP contribution in [0, 0.1) is 5.82 Å². The predicted molar refractivity (Wildman–Crippen MR) is 126 cm³/mol. The van der Waals surface area contributed by atoms with Crippen LogP contribution in [0.25, 0.3) is 10.6 Å². The zero-order valence-electron chi connectivity index (χ0n) is 18.4. The highest BCUT2D eigenvalue weighted by Gasteiger charge is 2.22. The Labute approximate surface area is 196 Å². The van der Waals surface area contributed by atoms with Gasteiger partial charge in [0.25, 0.3) is 11.8 Å². The van der Waals surface area contributed by atoms with Crippen LogP contribution in [0.15, 0.2) is 53.9 Å². The molecule has 6 nitrogen and oxygen atoms in total. The number of nitrogens with one attached hydrogen (secondary N) is 1. The van der Waals surface area contributed by atoms with Crippen LogP contribution >= 0.6 is 11.3 Å². The lowest BCUT2D eigenvalue weighted by molar-refractivity contribution is -0.132. The van der Waals surface area contributed by atoms with Gasteiger partial charge in [-0.15, -0.1) is 11.3 Å². The van der Waals surface area contributed by atoms with Crippen LogP contribution in [-0.2, 0) is 4.79 Å². The number of carbonyl (C=O) groups is 2. The molecule has 0 radical (unpaired) electrons. The maximum absolute atomic E-state index is 14.1. The third-order valence-corrected chi connectivity index (χ3v) is 6.53. The first-order valence-corrected chi connectivity index (χ1v) is 12.0. The van der Waals surface area contributed by atoms with Gasteiger partial charge in [-0.25, -0.2) is 9.37 Å². The Morgan fingerprint density at radius 2 is 1.88 bits per heavy atom. The molecule has 0 aliphatic carbocycles. The molecular formula is C25H26FN3O3S. The van der Waals surface area contributed by atoms with Crippen molar-refractivity contribution in [3.8, 4) is 16.3 Å². The number of aromatic nitrogens is 1. The summed E-state index contributed by atoms with van der Waals surface area (Å²) in [6.45, 7) is 3.49. The van der Waals surface area contributed by atoms with Crippen molar-refractivity contribution in [2.45, 2.75) is 32.2 Å². The number of halogens is 1. The van der Waals surface area contributed by atoms with Crippen molar-refractivity contribution >= 4 is 23.2 Å². The Hall–Kier alpha value is -3.26. The lowest BCUT2D eigenvalue weighted by atomic mass is 10.0. The highest BCUT2D eigenvalue weighted by atomic mass is 32.1. The number of nitrogens with zero attached hydrogens (tertiary/aromatic N) is 2. The molecule has 1 saturated heterocycles. The number of para-hydroxylation sites is 1. The van der Waals surface area contributed by atoms with E-state index in [1.54, 1.807) is 29.6 Å². The van der Waals surface area contributed by atoms with Gasteiger partial charge in [0, 0.05) is 29.6 Å². The third-order valence-electron chi connectivity index (χ3n) is 5.66. The van der Waals surface area contributed by atoms with E-state index in [0.29, 0.717) is 22.7 Å². The summed E-state index contributed by atoms with van der Waals surface area (Å²) in [6.07, 6.45) is 2.68. The fraction of sp³-hybridized carbons (Fsp3) is 0.320. The van der Waals surface area contributed by atoms with Crippen LogP contribution in [0.5, 0.6) is 5.75 Å². The molecule has 1 aliphatic rings. The first-order valence-electron chi connectivity index (χ1n) is 11.1. The summed E-state index contributed by atoms with van der Waals surface area (Å²) in [5.41, 5.74) is 1.40. The van der Waals surface area contributed by atoms with Crippen LogP contribution in [0.1, 0.15) is 48.3 Å². The molecule has 0 bridgehead atoms. The Kier molecular flexibility index (Phi) is 7.34. The lowest BCUT2D eigenvalue weighted by Gasteiger charge is -2.21. The van der Waals surface area contributed by atoms with Crippen LogP contribution < -0.4 is 10.1 Å². The summed E-state index contributed by atoms with van der Waals surface area (Å²) >= 11 is 1.22. The van der Waals surface area contributed by atoms with Gasteiger partial charge in [-0.1, -0.05) is 37.3 Å². The van der Waals surface area contributed by atoms with E-state index < -0.39 is 0 Å². The van der Waals surface area contributed by atoms with Gasteiger partial charge in [-0.05, 0) is 37.5 Å². The molecule has 172 valence electrons. The molecule has 1 N–H and O–H groups in total. The summed E-state index contributed by atoms with van der Waals surface area (Å²) in [6, 6.07) is 13.4. The van der Waals surface area contributed by atoms with Crippen molar-refractivity contribution in [3.05, 3.63) is 71.0 Å². The van der Waals surface area contributed by atoms with E-state index in [0.717, 1.165) is 31.5 Å². The Morgan fingerprint density at radius 1 is 1.15 bits per heavy atom. The summed E-state index contributed by atoms with van der Waals surface area (Å²) in [4.78, 5) is 31.4. The van der Waals surface area contributed by atoms with Gasteiger partial charge < -0.3 is 15.0 Å². The molecule has 3 aromatic rings. The fourth-order valence-corrected chi connectivity index (χ4v) is 4.69. The molecule has 0 spiro atoms. The summed E-state index contributed by atoms with van der Waals surface area (Å²) in [5, 5.41) is 5.08. The van der Waals surface area contributed by atoms with E-state index in [4.69, 9.17) is 4.74 Å². The molecule has 1 aliphatic heterocycles. The van der Waals surface area contributed by atoms with Gasteiger partial charge in [0.1, 0.15) is 22.3 Å². The summed E-state index contributed by atoms with van der Waals surface area (Å²) in [7, 11) is 0. The quantitative estimate of drug-likeness (QED) is 0.515. The molecule has 1 aromatic heterocycles. The van der Waals surface area contributed by atoms with E-state index in [1.165, 1.54) is 17.4 Å². The molecular weight excluding hydrogens is 441 g/mol. The molecule has 0 saturated carbocycles. The second kappa shape index (κ2) is 10.6. The first-order chi connectivity index (χ1) is 16.1. The topological polar surface area (TPSA) is 71.5 Å². The fourth-order valence-electron chi connectivity index (χ4n) is 3.87. The Morgan fingerprint density at radius 3 is 2.64 bits per heavy atom. The van der Waals surface area contributed by atoms with Crippen LogP contribution in [0.2, 0.25) is 0 Å². The number of ether oxygens (including phenoxy) is 1. The number of rotatable bonds is 8. The van der Waals surface area contributed by atoms with Crippen LogP contribution in [0.3, 0.4) is 0 Å². The van der Waals surface area contributed by atoms with Crippen molar-refractivity contribution in [1.29, 1.82) is 0 Å². The van der Waals surface area contributed by atoms with E-state index in [-0.39, 0.29) is 36.0 Å². The first kappa shape index (κ1) is 22.9. The molecule has 1 atom stereocenters. The third kappa shape index (κ3) is 5.39. The number of benzene rings is 2. The number of thiazole rings is 1. The van der Waals surface area contributed by atoms with Crippen molar-refractivity contribution in [2.75, 3.05) is 19.7 Å². The number of hydrogen-bond acceptors (Lipinski definition) is 5. The number of likely N-dealkylation sites (tertiary alicyclic amines) is 1. The van der Waals surface area contributed by atoms with Crippen molar-refractivity contribution in [2.24, 2.45) is 0 Å². The normalized spacial score (nSPS) is 14.2. The van der Waals surface area contributed by atoms with Gasteiger partial charge in [0.2, 0.25) is 0 Å². The largest absolute Gasteiger partial charge is 0.483 e. The number of carbonyl (C=O) groups excluding carboxylic acids is 2. The Bertz CT molecular complexity index is 1130. The van der Waals surface area contributed by atoms with E-state index in [1.807, 2.05) is 30.0 Å². The maximum Gasteiger partial charge on any atom is 0.271 e. The van der Waals surface area contributed by atoms with Gasteiger partial charge in [0.05, 0.1) is 6.04 Å². The zero-order valence-corrected chi connectivity index (χ0v) is 19.2. The predicted octanol–water partition coefficient (Wildman–Crippen LogP) is 4.83. The summed E-state index contributed by atoms with van der Waals surface area (Å²) in [5.74, 6) is -0.173. The molecule has 8 heteroatoms. The van der Waals surface area contributed by atoms with E-state index in [2.05, 4.69) is 10.3 Å². The molecule has 2 aromatic carbocycles. The average Bonchev–Trinajstić information content (AvgIpc) is 3.54. The lowest BCUT2D eigenvalue weighted by Crippen LogP contribution is -2.32. The molecule has 33 heavy (non-hydrogen) atoms. The smallest absolute Gasteiger partial charge is 0.271 e. The number of amides is 2. The molecule has 4 rings (SSSR count). The monoisotopic (exact) mass is 467 g/mol. The second-order valence-corrected chi connectivity index (χ2v) is 8.72. The molecule has 1 fully saturated rings. The minimum absolute atomic E-state index is 0.0254. The van der Waals surface area contributed by atoms with Gasteiger partial charge in [-0.3, -0.25) is 9.59 Å². The minimum Gasteiger partial charge on any atom is -0.483 e. The second-order valence-electron chi connectivity index (χ2n) is 7.87. The van der Waals surface area contributed by atoms with Crippen LogP contribution in [-0.4, -0.2) is 41.4 Å². The molecule has 2 heterocycles. The van der Waals surface area contributed by atoms with Crippen molar-refractivity contribution < 1.29 is 18.7 Å². The molecule has 1 unspecified atom stereocenters. The van der Waals surface area contributed by atoms with Crippen molar-refractivity contribution in [1.82, 2.24) is 15.2 Å². The highest BCUT2D eigenvalue weighted by molar-refractivity contribution is 7.13. The van der Waals surface area contributed by atoms with E-state index in [9.17, 15) is 14.0 Å². The molecule has 2 amide bonds. The average molecular weight is 468 g/mol. The van der Waals surface area contributed by atoms with Gasteiger partial charge in [0.15, 0.2) is 6.61 Å². The van der Waals surface area contributed by atoms with Gasteiger partial charge >= 0.3 is 0 Å². The van der Waals surface area contributed by atoms with E-state index >= 15 is 0 Å². The number of hydrogen-bond donors (Lipinski definition) is 1. The highest BCUT2D eigenvalue weighted by Crippen LogP contribution is 2.29. The Balaban J connectivity index is 1.45. The maximum atomic E-state index is 14.1. The van der Waals surface area contributed by atoms with Crippen molar-refractivity contribution in [3.63, 3.8) is 0 Å². The zero-order chi connectivity index (χ0) is 23.2. The standard InChI is InChI=1S/C25H26FN3O3S/c1-2-20(18-10-4-6-12-22(18)32-15-23(30)29-13-7-8-14-29)27-24(31)21-16-33-25(28-21)17-9-3-5-11-19(17)26/h3-6,9-12,16,20H,2,7-8,13-15H2,1H3,(H,27,31). The minimum atomic E-state index is -0.375. The van der Waals surface area contributed by atoms with Crippen LogP contribution in [0.4, 0.5) is 4.39 Å².